The number of hydrogen-bond donors (Lipinski definition) is 1. The summed E-state index contributed by atoms with van der Waals surface area (Å²) in [7, 11) is -1.66. The minimum Gasteiger partial charge on any atom is -0.507 e. The molecule has 2 atom stereocenters. The number of aromatic hydroxyl groups is 1. The van der Waals surface area contributed by atoms with E-state index in [0.29, 0.717) is 17.7 Å². The van der Waals surface area contributed by atoms with Gasteiger partial charge in [0.2, 0.25) is 0 Å². The lowest BCUT2D eigenvalue weighted by Gasteiger charge is -2.23. The molecule has 2 saturated heterocycles. The Hall–Kier alpha value is -1.03. The van der Waals surface area contributed by atoms with Gasteiger partial charge in [0, 0.05) is 12.6 Å². The van der Waals surface area contributed by atoms with Crippen LogP contribution in [0.2, 0.25) is 0 Å². The Morgan fingerprint density at radius 1 is 1.56 bits per heavy atom. The molecule has 1 aromatic rings. The van der Waals surface area contributed by atoms with Crippen molar-refractivity contribution in [2.45, 2.75) is 18.9 Å². The molecule has 5 nitrogen and oxygen atoms in total. The second-order valence-electron chi connectivity index (χ2n) is 4.60. The maximum atomic E-state index is 13.1. The van der Waals surface area contributed by atoms with Crippen LogP contribution in [0.1, 0.15) is 12.8 Å². The van der Waals surface area contributed by atoms with Gasteiger partial charge in [-0.25, -0.2) is 4.67 Å². The normalized spacial score (nSPS) is 31.5. The summed E-state index contributed by atoms with van der Waals surface area (Å²) in [6, 6.07) is 5.09. The van der Waals surface area contributed by atoms with Gasteiger partial charge in [-0.15, -0.1) is 0 Å². The SMILES string of the molecule is COc1cccc(O)c1[P@@]1(=O)OC[C@@H]2CCCN21. The molecule has 1 N–H and O–H groups in total. The highest BCUT2D eigenvalue weighted by Crippen LogP contribution is 2.60. The fraction of sp³-hybridized carbons (Fsp3) is 0.500. The summed E-state index contributed by atoms with van der Waals surface area (Å²) in [5, 5.41) is 10.3. The van der Waals surface area contributed by atoms with E-state index in [2.05, 4.69) is 0 Å². The van der Waals surface area contributed by atoms with Crippen LogP contribution in [0.25, 0.3) is 0 Å². The van der Waals surface area contributed by atoms with Crippen molar-refractivity contribution >= 4 is 12.8 Å². The summed E-state index contributed by atoms with van der Waals surface area (Å²) in [6.07, 6.45) is 2.02. The first kappa shape index (κ1) is 12.0. The van der Waals surface area contributed by atoms with Crippen molar-refractivity contribution < 1.29 is 18.9 Å². The fourth-order valence-corrected chi connectivity index (χ4v) is 5.48. The second kappa shape index (κ2) is 4.26. The molecule has 0 radical (unpaired) electrons. The Bertz CT molecular complexity index is 519. The number of rotatable bonds is 2. The Balaban J connectivity index is 2.12. The molecule has 3 rings (SSSR count). The summed E-state index contributed by atoms with van der Waals surface area (Å²) in [4.78, 5) is 0. The molecule has 2 aliphatic heterocycles. The summed E-state index contributed by atoms with van der Waals surface area (Å²) < 4.78 is 25.8. The van der Waals surface area contributed by atoms with E-state index in [4.69, 9.17) is 9.26 Å². The summed E-state index contributed by atoms with van der Waals surface area (Å²) in [5.41, 5.74) is 0. The fourth-order valence-electron chi connectivity index (χ4n) is 2.75. The number of phenols is 1. The number of hydrogen-bond acceptors (Lipinski definition) is 4. The van der Waals surface area contributed by atoms with Gasteiger partial charge >= 0.3 is 7.52 Å². The van der Waals surface area contributed by atoms with E-state index in [1.165, 1.54) is 13.2 Å². The second-order valence-corrected chi connectivity index (χ2v) is 6.86. The number of phenolic OH excluding ortho intramolecular Hbond substituents is 1. The van der Waals surface area contributed by atoms with Gasteiger partial charge in [-0.3, -0.25) is 4.57 Å². The van der Waals surface area contributed by atoms with Crippen molar-refractivity contribution in [3.8, 4) is 11.5 Å². The third-order valence-corrected chi connectivity index (χ3v) is 6.32. The molecule has 0 saturated carbocycles. The Morgan fingerprint density at radius 3 is 3.17 bits per heavy atom. The van der Waals surface area contributed by atoms with E-state index in [1.807, 2.05) is 4.67 Å². The highest BCUT2D eigenvalue weighted by Gasteiger charge is 2.50. The van der Waals surface area contributed by atoms with Crippen LogP contribution in [0.4, 0.5) is 0 Å². The van der Waals surface area contributed by atoms with Gasteiger partial charge in [-0.05, 0) is 25.0 Å². The molecule has 0 amide bonds. The smallest absolute Gasteiger partial charge is 0.310 e. The topological polar surface area (TPSA) is 59.0 Å². The van der Waals surface area contributed by atoms with Crippen LogP contribution in [-0.2, 0) is 9.09 Å². The van der Waals surface area contributed by atoms with E-state index in [1.54, 1.807) is 12.1 Å². The van der Waals surface area contributed by atoms with E-state index in [9.17, 15) is 9.67 Å². The number of benzene rings is 1. The summed E-state index contributed by atoms with van der Waals surface area (Å²) in [5.74, 6) is 0.399. The molecule has 2 fully saturated rings. The minimum absolute atomic E-state index is 0.0229. The van der Waals surface area contributed by atoms with Crippen molar-refractivity contribution in [1.82, 2.24) is 4.67 Å². The third kappa shape index (κ3) is 1.58. The lowest BCUT2D eigenvalue weighted by Crippen LogP contribution is -2.25. The molecule has 2 heterocycles. The standard InChI is InChI=1S/C12H16NO4P/c1-16-11-6-2-5-10(14)12(11)18(15)13-7-3-4-9(13)8-17-18/h2,5-6,9,14H,3-4,7-8H2,1H3/t9-,18+/m0/s1. The maximum Gasteiger partial charge on any atom is 0.310 e. The first-order chi connectivity index (χ1) is 8.66. The third-order valence-electron chi connectivity index (χ3n) is 3.61. The lowest BCUT2D eigenvalue weighted by molar-refractivity contribution is 0.330. The van der Waals surface area contributed by atoms with E-state index >= 15 is 0 Å². The first-order valence-corrected chi connectivity index (χ1v) is 7.63. The van der Waals surface area contributed by atoms with Crippen molar-refractivity contribution in [2.24, 2.45) is 0 Å². The lowest BCUT2D eigenvalue weighted by atomic mass is 10.2. The van der Waals surface area contributed by atoms with Crippen molar-refractivity contribution in [2.75, 3.05) is 20.3 Å². The van der Waals surface area contributed by atoms with Crippen molar-refractivity contribution in [3.05, 3.63) is 18.2 Å². The molecule has 1 aromatic carbocycles. The van der Waals surface area contributed by atoms with E-state index in [-0.39, 0.29) is 11.8 Å². The molecule has 0 bridgehead atoms. The molecule has 0 unspecified atom stereocenters. The zero-order chi connectivity index (χ0) is 12.8. The van der Waals surface area contributed by atoms with Gasteiger partial charge in [0.25, 0.3) is 0 Å². The van der Waals surface area contributed by atoms with Crippen molar-refractivity contribution in [3.63, 3.8) is 0 Å². The zero-order valence-corrected chi connectivity index (χ0v) is 11.1. The Kier molecular flexibility index (Phi) is 2.85. The molecule has 18 heavy (non-hydrogen) atoms. The molecular formula is C12H16NO4P. The number of fused-ring (bicyclic) bond motifs is 1. The van der Waals surface area contributed by atoms with Crippen LogP contribution in [0.5, 0.6) is 11.5 Å². The molecular weight excluding hydrogens is 253 g/mol. The predicted octanol–water partition coefficient (Wildman–Crippen LogP) is 1.71. The molecule has 0 aromatic heterocycles. The van der Waals surface area contributed by atoms with Crippen LogP contribution in [-0.4, -0.2) is 36.1 Å². The highest BCUT2D eigenvalue weighted by molar-refractivity contribution is 7.65. The average molecular weight is 269 g/mol. The Morgan fingerprint density at radius 2 is 2.39 bits per heavy atom. The van der Waals surface area contributed by atoms with Gasteiger partial charge in [0.15, 0.2) is 0 Å². The quantitative estimate of drug-likeness (QED) is 0.828. The van der Waals surface area contributed by atoms with Gasteiger partial charge in [-0.2, -0.15) is 0 Å². The molecule has 98 valence electrons. The Labute approximate surface area is 106 Å². The zero-order valence-electron chi connectivity index (χ0n) is 10.2. The van der Waals surface area contributed by atoms with Crippen LogP contribution in [0.3, 0.4) is 0 Å². The van der Waals surface area contributed by atoms with Crippen LogP contribution < -0.4 is 10.0 Å². The number of nitrogens with zero attached hydrogens (tertiary/aromatic N) is 1. The number of methoxy groups -OCH3 is 1. The van der Waals surface area contributed by atoms with Gasteiger partial charge < -0.3 is 14.4 Å². The average Bonchev–Trinajstić information content (AvgIpc) is 2.94. The van der Waals surface area contributed by atoms with Crippen LogP contribution >= 0.6 is 7.52 Å². The predicted molar refractivity (Wildman–Crippen MR) is 67.6 cm³/mol. The van der Waals surface area contributed by atoms with Gasteiger partial charge in [0.05, 0.1) is 13.7 Å². The summed E-state index contributed by atoms with van der Waals surface area (Å²) >= 11 is 0. The molecule has 0 spiro atoms. The maximum absolute atomic E-state index is 13.1. The van der Waals surface area contributed by atoms with Gasteiger partial charge in [-0.1, -0.05) is 6.07 Å². The van der Waals surface area contributed by atoms with E-state index < -0.39 is 7.52 Å². The van der Waals surface area contributed by atoms with Crippen LogP contribution in [0.15, 0.2) is 18.2 Å². The van der Waals surface area contributed by atoms with Crippen molar-refractivity contribution in [1.29, 1.82) is 0 Å². The van der Waals surface area contributed by atoms with Gasteiger partial charge in [0.1, 0.15) is 16.8 Å². The first-order valence-electron chi connectivity index (χ1n) is 6.05. The molecule has 0 aliphatic carbocycles. The molecule has 6 heteroatoms. The minimum atomic E-state index is -3.16. The monoisotopic (exact) mass is 269 g/mol. The molecule has 2 aliphatic rings. The van der Waals surface area contributed by atoms with Crippen LogP contribution in [0, 0.1) is 0 Å². The highest BCUT2D eigenvalue weighted by atomic mass is 31.2. The van der Waals surface area contributed by atoms with E-state index in [0.717, 1.165) is 19.4 Å². The number of ether oxygens (including phenoxy) is 1. The largest absolute Gasteiger partial charge is 0.507 e. The summed E-state index contributed by atoms with van der Waals surface area (Å²) in [6.45, 7) is 1.22.